The molecular formula is C17H14ClN3O2. The van der Waals surface area contributed by atoms with E-state index in [0.29, 0.717) is 16.3 Å². The number of nitrogens with one attached hydrogen (secondary N) is 3. The van der Waals surface area contributed by atoms with E-state index in [1.807, 2.05) is 13.0 Å². The summed E-state index contributed by atoms with van der Waals surface area (Å²) in [6.07, 6.45) is 0. The predicted molar refractivity (Wildman–Crippen MR) is 89.4 cm³/mol. The van der Waals surface area contributed by atoms with Gasteiger partial charge in [-0.15, -0.1) is 0 Å². The Labute approximate surface area is 137 Å². The van der Waals surface area contributed by atoms with Crippen LogP contribution in [-0.4, -0.2) is 16.8 Å². The Hall–Kier alpha value is -2.79. The molecule has 0 saturated carbocycles. The average Bonchev–Trinajstić information content (AvgIpc) is 2.95. The molecule has 6 heteroatoms. The summed E-state index contributed by atoms with van der Waals surface area (Å²) in [7, 11) is 0. The summed E-state index contributed by atoms with van der Waals surface area (Å²) in [5.74, 6) is -0.806. The molecule has 23 heavy (non-hydrogen) atoms. The van der Waals surface area contributed by atoms with Crippen LogP contribution >= 0.6 is 11.6 Å². The van der Waals surface area contributed by atoms with Crippen LogP contribution in [0.3, 0.4) is 0 Å². The lowest BCUT2D eigenvalue weighted by Gasteiger charge is -2.06. The smallest absolute Gasteiger partial charge is 0.286 e. The van der Waals surface area contributed by atoms with E-state index in [4.69, 9.17) is 11.6 Å². The quantitative estimate of drug-likeness (QED) is 0.632. The molecule has 1 aromatic heterocycles. The van der Waals surface area contributed by atoms with Crippen LogP contribution < -0.4 is 10.9 Å². The molecule has 5 nitrogen and oxygen atoms in total. The number of fused-ring (bicyclic) bond motifs is 1. The second kappa shape index (κ2) is 6.14. The van der Waals surface area contributed by atoms with Gasteiger partial charge in [-0.3, -0.25) is 20.4 Å². The van der Waals surface area contributed by atoms with Gasteiger partial charge in [0.05, 0.1) is 0 Å². The molecule has 0 radical (unpaired) electrons. The Kier molecular flexibility index (Phi) is 4.04. The van der Waals surface area contributed by atoms with E-state index in [-0.39, 0.29) is 5.91 Å². The third kappa shape index (κ3) is 3.35. The zero-order valence-corrected chi connectivity index (χ0v) is 13.1. The summed E-state index contributed by atoms with van der Waals surface area (Å²) in [5.41, 5.74) is 7.37. The predicted octanol–water partition coefficient (Wildman–Crippen LogP) is 3.20. The number of hydrogen-bond donors (Lipinski definition) is 3. The molecule has 0 spiro atoms. The van der Waals surface area contributed by atoms with Gasteiger partial charge in [-0.05, 0) is 43.3 Å². The Balaban J connectivity index is 1.69. The van der Waals surface area contributed by atoms with E-state index in [2.05, 4.69) is 15.8 Å². The second-order valence-corrected chi connectivity index (χ2v) is 5.63. The van der Waals surface area contributed by atoms with Crippen molar-refractivity contribution in [2.75, 3.05) is 0 Å². The lowest BCUT2D eigenvalue weighted by atomic mass is 10.1. The number of carbonyl (C=O) groups excluding carboxylic acids is 2. The first-order chi connectivity index (χ1) is 11.0. The van der Waals surface area contributed by atoms with Crippen LogP contribution in [0.4, 0.5) is 0 Å². The number of carbonyl (C=O) groups is 2. The maximum Gasteiger partial charge on any atom is 0.286 e. The number of H-pyrrole nitrogens is 1. The molecule has 0 unspecified atom stereocenters. The van der Waals surface area contributed by atoms with Crippen molar-refractivity contribution in [1.29, 1.82) is 0 Å². The third-order valence-corrected chi connectivity index (χ3v) is 3.63. The van der Waals surface area contributed by atoms with Gasteiger partial charge in [-0.2, -0.15) is 0 Å². The number of benzene rings is 2. The van der Waals surface area contributed by atoms with E-state index in [1.165, 1.54) is 0 Å². The average molecular weight is 328 g/mol. The molecule has 0 fully saturated rings. The monoisotopic (exact) mass is 327 g/mol. The van der Waals surface area contributed by atoms with E-state index >= 15 is 0 Å². The molecule has 3 rings (SSSR count). The lowest BCUT2D eigenvalue weighted by Crippen LogP contribution is -2.41. The number of amides is 2. The van der Waals surface area contributed by atoms with E-state index in [0.717, 1.165) is 16.5 Å². The minimum absolute atomic E-state index is 0.340. The molecule has 3 aromatic rings. The summed E-state index contributed by atoms with van der Waals surface area (Å²) >= 11 is 5.92. The standard InChI is InChI=1S/C17H14ClN3O2/c1-10-3-2-4-11(7-10)16(22)20-21-17(23)15-9-12-8-13(18)5-6-14(12)19-15/h2-9,19H,1H3,(H,20,22)(H,21,23). The van der Waals surface area contributed by atoms with Crippen LogP contribution in [0.15, 0.2) is 48.5 Å². The number of hydrogen-bond acceptors (Lipinski definition) is 2. The number of aryl methyl sites for hydroxylation is 1. The highest BCUT2D eigenvalue weighted by Crippen LogP contribution is 2.19. The van der Waals surface area contributed by atoms with Crippen LogP contribution in [0.1, 0.15) is 26.4 Å². The largest absolute Gasteiger partial charge is 0.350 e. The van der Waals surface area contributed by atoms with Crippen LogP contribution in [0, 0.1) is 6.92 Å². The van der Waals surface area contributed by atoms with Gasteiger partial charge in [-0.25, -0.2) is 0 Å². The van der Waals surface area contributed by atoms with Gasteiger partial charge in [0.2, 0.25) is 0 Å². The summed E-state index contributed by atoms with van der Waals surface area (Å²) < 4.78 is 0. The van der Waals surface area contributed by atoms with Crippen molar-refractivity contribution < 1.29 is 9.59 Å². The van der Waals surface area contributed by atoms with Gasteiger partial charge in [-0.1, -0.05) is 29.3 Å². The number of rotatable bonds is 2. The molecule has 1 heterocycles. The lowest BCUT2D eigenvalue weighted by molar-refractivity contribution is 0.0844. The first kappa shape index (κ1) is 15.1. The first-order valence-electron chi connectivity index (χ1n) is 6.98. The minimum Gasteiger partial charge on any atom is -0.350 e. The highest BCUT2D eigenvalue weighted by atomic mass is 35.5. The van der Waals surface area contributed by atoms with Crippen LogP contribution in [0.25, 0.3) is 10.9 Å². The summed E-state index contributed by atoms with van der Waals surface area (Å²) in [5, 5.41) is 1.42. The molecule has 2 amide bonds. The van der Waals surface area contributed by atoms with Gasteiger partial charge in [0.15, 0.2) is 0 Å². The highest BCUT2D eigenvalue weighted by molar-refractivity contribution is 6.31. The number of aromatic nitrogens is 1. The maximum absolute atomic E-state index is 12.1. The maximum atomic E-state index is 12.1. The Morgan fingerprint density at radius 3 is 2.57 bits per heavy atom. The molecule has 0 aliphatic heterocycles. The van der Waals surface area contributed by atoms with Gasteiger partial charge in [0, 0.05) is 21.5 Å². The van der Waals surface area contributed by atoms with E-state index in [1.54, 1.807) is 42.5 Å². The zero-order chi connectivity index (χ0) is 16.4. The van der Waals surface area contributed by atoms with Crippen molar-refractivity contribution in [2.45, 2.75) is 6.92 Å². The minimum atomic E-state index is -0.432. The van der Waals surface area contributed by atoms with Crippen LogP contribution in [0.5, 0.6) is 0 Å². The number of hydrazine groups is 1. The third-order valence-electron chi connectivity index (χ3n) is 3.40. The molecule has 3 N–H and O–H groups in total. The van der Waals surface area contributed by atoms with Gasteiger partial charge in [0.1, 0.15) is 5.69 Å². The molecule has 0 bridgehead atoms. The fourth-order valence-electron chi connectivity index (χ4n) is 2.27. The van der Waals surface area contributed by atoms with E-state index in [9.17, 15) is 9.59 Å². The summed E-state index contributed by atoms with van der Waals surface area (Å²) in [6.45, 7) is 1.89. The molecule has 2 aromatic carbocycles. The molecule has 0 aliphatic carbocycles. The van der Waals surface area contributed by atoms with Crippen LogP contribution in [-0.2, 0) is 0 Å². The summed E-state index contributed by atoms with van der Waals surface area (Å²) in [6, 6.07) is 14.1. The molecular weight excluding hydrogens is 314 g/mol. The molecule has 0 saturated heterocycles. The Morgan fingerprint density at radius 2 is 1.78 bits per heavy atom. The van der Waals surface area contributed by atoms with Crippen molar-refractivity contribution in [1.82, 2.24) is 15.8 Å². The number of aromatic amines is 1. The van der Waals surface area contributed by atoms with Crippen molar-refractivity contribution in [3.05, 3.63) is 70.4 Å². The Bertz CT molecular complexity index is 902. The van der Waals surface area contributed by atoms with E-state index < -0.39 is 5.91 Å². The fourth-order valence-corrected chi connectivity index (χ4v) is 2.45. The fraction of sp³-hybridized carbons (Fsp3) is 0.0588. The molecule has 0 atom stereocenters. The van der Waals surface area contributed by atoms with Crippen molar-refractivity contribution in [3.8, 4) is 0 Å². The topological polar surface area (TPSA) is 74.0 Å². The van der Waals surface area contributed by atoms with Gasteiger partial charge >= 0.3 is 0 Å². The van der Waals surface area contributed by atoms with Crippen molar-refractivity contribution in [2.24, 2.45) is 0 Å². The van der Waals surface area contributed by atoms with Crippen molar-refractivity contribution in [3.63, 3.8) is 0 Å². The number of halogens is 1. The highest BCUT2D eigenvalue weighted by Gasteiger charge is 2.11. The molecule has 0 aliphatic rings. The normalized spacial score (nSPS) is 10.5. The zero-order valence-electron chi connectivity index (χ0n) is 12.3. The SMILES string of the molecule is Cc1cccc(C(=O)NNC(=O)c2cc3cc(Cl)ccc3[nH]2)c1. The first-order valence-corrected chi connectivity index (χ1v) is 7.36. The Morgan fingerprint density at radius 1 is 1.00 bits per heavy atom. The van der Waals surface area contributed by atoms with Gasteiger partial charge in [0.25, 0.3) is 11.8 Å². The van der Waals surface area contributed by atoms with Crippen LogP contribution in [0.2, 0.25) is 5.02 Å². The second-order valence-electron chi connectivity index (χ2n) is 5.19. The van der Waals surface area contributed by atoms with Gasteiger partial charge < -0.3 is 4.98 Å². The van der Waals surface area contributed by atoms with Crippen molar-refractivity contribution >= 4 is 34.3 Å². The molecule has 116 valence electrons. The summed E-state index contributed by atoms with van der Waals surface area (Å²) in [4.78, 5) is 27.1.